The standard InChI is InChI=1S/C16H21Cl2N3O3.ClH/c1-20(10-15(23)24)11-5-7-21(8-6-11)9-14(22)19-13-4-2-3-12(17)16(13)18;/h2-4,11H,5-10H2,1H3,(H,19,22)(H,23,24);1H. The lowest BCUT2D eigenvalue weighted by Crippen LogP contribution is -2.46. The molecule has 1 saturated heterocycles. The number of hydrogen-bond donors (Lipinski definition) is 2. The molecular formula is C16H22Cl3N3O3. The Balaban J connectivity index is 0.00000312. The van der Waals surface area contributed by atoms with E-state index in [2.05, 4.69) is 10.2 Å². The Labute approximate surface area is 163 Å². The molecule has 0 atom stereocenters. The summed E-state index contributed by atoms with van der Waals surface area (Å²) in [6.07, 6.45) is 1.68. The van der Waals surface area contributed by atoms with E-state index < -0.39 is 5.97 Å². The highest BCUT2D eigenvalue weighted by molar-refractivity contribution is 6.43. The Morgan fingerprint density at radius 3 is 2.56 bits per heavy atom. The Kier molecular flexibility index (Phi) is 8.96. The number of carbonyl (C=O) groups excluding carboxylic acids is 1. The number of rotatable bonds is 6. The lowest BCUT2D eigenvalue weighted by atomic mass is 10.0. The van der Waals surface area contributed by atoms with Crippen LogP contribution in [0.15, 0.2) is 18.2 Å². The normalized spacial score (nSPS) is 15.7. The first-order valence-corrected chi connectivity index (χ1v) is 8.50. The summed E-state index contributed by atoms with van der Waals surface area (Å²) in [5, 5.41) is 12.4. The number of likely N-dealkylation sites (tertiary alicyclic amines) is 1. The van der Waals surface area contributed by atoms with Crippen molar-refractivity contribution in [3.63, 3.8) is 0 Å². The molecule has 1 aliphatic heterocycles. The average molecular weight is 411 g/mol. The predicted molar refractivity (Wildman–Crippen MR) is 102 cm³/mol. The summed E-state index contributed by atoms with van der Waals surface area (Å²) in [7, 11) is 1.82. The van der Waals surface area contributed by atoms with Gasteiger partial charge in [0.1, 0.15) is 0 Å². The molecule has 1 aromatic rings. The zero-order valence-electron chi connectivity index (χ0n) is 13.9. The highest BCUT2D eigenvalue weighted by Gasteiger charge is 2.24. The molecule has 6 nitrogen and oxygen atoms in total. The molecule has 1 fully saturated rings. The Morgan fingerprint density at radius 2 is 1.96 bits per heavy atom. The van der Waals surface area contributed by atoms with Crippen molar-refractivity contribution in [2.75, 3.05) is 38.5 Å². The molecule has 0 unspecified atom stereocenters. The maximum atomic E-state index is 12.2. The van der Waals surface area contributed by atoms with Gasteiger partial charge < -0.3 is 10.4 Å². The molecule has 1 amide bonds. The Bertz CT molecular complexity index is 608. The molecule has 0 aromatic heterocycles. The van der Waals surface area contributed by atoms with Crippen LogP contribution in [0.5, 0.6) is 0 Å². The monoisotopic (exact) mass is 409 g/mol. The minimum absolute atomic E-state index is 0. The molecular weight excluding hydrogens is 389 g/mol. The molecule has 1 heterocycles. The number of piperidine rings is 1. The second kappa shape index (κ2) is 10.2. The van der Waals surface area contributed by atoms with Crippen LogP contribution in [0, 0.1) is 0 Å². The van der Waals surface area contributed by atoms with E-state index in [4.69, 9.17) is 28.3 Å². The van der Waals surface area contributed by atoms with Gasteiger partial charge in [0, 0.05) is 19.1 Å². The van der Waals surface area contributed by atoms with E-state index in [1.165, 1.54) is 0 Å². The molecule has 2 rings (SSSR count). The van der Waals surface area contributed by atoms with Crippen LogP contribution >= 0.6 is 35.6 Å². The van der Waals surface area contributed by atoms with Gasteiger partial charge in [-0.3, -0.25) is 19.4 Å². The largest absolute Gasteiger partial charge is 0.480 e. The number of nitrogens with one attached hydrogen (secondary N) is 1. The number of carboxylic acids is 1. The van der Waals surface area contributed by atoms with Crippen molar-refractivity contribution in [1.29, 1.82) is 0 Å². The number of nitrogens with zero attached hydrogens (tertiary/aromatic N) is 2. The summed E-state index contributed by atoms with van der Waals surface area (Å²) in [6, 6.07) is 5.34. The number of hydrogen-bond acceptors (Lipinski definition) is 4. The number of aliphatic carboxylic acids is 1. The van der Waals surface area contributed by atoms with Gasteiger partial charge >= 0.3 is 5.97 Å². The van der Waals surface area contributed by atoms with E-state index in [1.54, 1.807) is 18.2 Å². The minimum atomic E-state index is -0.822. The SMILES string of the molecule is CN(CC(=O)O)C1CCN(CC(=O)Nc2cccc(Cl)c2Cl)CC1.Cl. The highest BCUT2D eigenvalue weighted by Crippen LogP contribution is 2.29. The van der Waals surface area contributed by atoms with E-state index in [0.717, 1.165) is 25.9 Å². The first kappa shape index (κ1) is 22.0. The maximum Gasteiger partial charge on any atom is 0.317 e. The smallest absolute Gasteiger partial charge is 0.317 e. The first-order chi connectivity index (χ1) is 11.4. The molecule has 1 aliphatic rings. The van der Waals surface area contributed by atoms with Gasteiger partial charge in [-0.15, -0.1) is 12.4 Å². The fourth-order valence-corrected chi connectivity index (χ4v) is 3.20. The van der Waals surface area contributed by atoms with E-state index in [0.29, 0.717) is 15.7 Å². The predicted octanol–water partition coefficient (Wildman–Crippen LogP) is 2.83. The average Bonchev–Trinajstić information content (AvgIpc) is 2.52. The fraction of sp³-hybridized carbons (Fsp3) is 0.500. The van der Waals surface area contributed by atoms with Gasteiger partial charge in [0.05, 0.1) is 28.8 Å². The molecule has 0 bridgehead atoms. The number of amides is 1. The van der Waals surface area contributed by atoms with Crippen molar-refractivity contribution in [2.24, 2.45) is 0 Å². The quantitative estimate of drug-likeness (QED) is 0.754. The third-order valence-corrected chi connectivity index (χ3v) is 4.98. The van der Waals surface area contributed by atoms with Crippen molar-refractivity contribution in [1.82, 2.24) is 9.80 Å². The zero-order chi connectivity index (χ0) is 17.7. The third-order valence-electron chi connectivity index (χ3n) is 4.16. The number of benzene rings is 1. The molecule has 0 saturated carbocycles. The molecule has 1 aromatic carbocycles. The number of likely N-dealkylation sites (N-methyl/N-ethyl adjacent to an activating group) is 1. The number of carboxylic acid groups (broad SMARTS) is 1. The number of halogens is 3. The molecule has 0 aliphatic carbocycles. The van der Waals surface area contributed by atoms with Gasteiger partial charge in [0.25, 0.3) is 0 Å². The topological polar surface area (TPSA) is 72.9 Å². The van der Waals surface area contributed by atoms with Gasteiger partial charge in [-0.2, -0.15) is 0 Å². The van der Waals surface area contributed by atoms with Crippen LogP contribution in [0.2, 0.25) is 10.0 Å². The summed E-state index contributed by atoms with van der Waals surface area (Å²) < 4.78 is 0. The van der Waals surface area contributed by atoms with Gasteiger partial charge in [-0.1, -0.05) is 29.3 Å². The van der Waals surface area contributed by atoms with Crippen molar-refractivity contribution in [3.05, 3.63) is 28.2 Å². The zero-order valence-corrected chi connectivity index (χ0v) is 16.2. The molecule has 0 radical (unpaired) electrons. The molecule has 2 N–H and O–H groups in total. The van der Waals surface area contributed by atoms with E-state index in [-0.39, 0.29) is 37.4 Å². The summed E-state index contributed by atoms with van der Waals surface area (Å²) in [5.41, 5.74) is 0.505. The molecule has 9 heteroatoms. The summed E-state index contributed by atoms with van der Waals surface area (Å²) in [6.45, 7) is 1.83. The van der Waals surface area contributed by atoms with Crippen LogP contribution in [0.3, 0.4) is 0 Å². The van der Waals surface area contributed by atoms with Crippen LogP contribution in [0.1, 0.15) is 12.8 Å². The minimum Gasteiger partial charge on any atom is -0.480 e. The molecule has 140 valence electrons. The fourth-order valence-electron chi connectivity index (χ4n) is 2.85. The maximum absolute atomic E-state index is 12.2. The third kappa shape index (κ3) is 6.64. The van der Waals surface area contributed by atoms with E-state index in [1.807, 2.05) is 11.9 Å². The molecule has 25 heavy (non-hydrogen) atoms. The number of anilines is 1. The van der Waals surface area contributed by atoms with Crippen LogP contribution in [0.4, 0.5) is 5.69 Å². The van der Waals surface area contributed by atoms with Crippen LogP contribution in [-0.4, -0.2) is 66.1 Å². The van der Waals surface area contributed by atoms with Gasteiger partial charge in [-0.05, 0) is 32.0 Å². The number of carbonyl (C=O) groups is 2. The highest BCUT2D eigenvalue weighted by atomic mass is 35.5. The van der Waals surface area contributed by atoms with Crippen molar-refractivity contribution in [3.8, 4) is 0 Å². The second-order valence-electron chi connectivity index (χ2n) is 5.97. The van der Waals surface area contributed by atoms with Crippen molar-refractivity contribution in [2.45, 2.75) is 18.9 Å². The van der Waals surface area contributed by atoms with Crippen LogP contribution in [-0.2, 0) is 9.59 Å². The van der Waals surface area contributed by atoms with Crippen molar-refractivity contribution < 1.29 is 14.7 Å². The Hall–Kier alpha value is -1.05. The lowest BCUT2D eigenvalue weighted by Gasteiger charge is -2.35. The lowest BCUT2D eigenvalue weighted by molar-refractivity contribution is -0.138. The second-order valence-corrected chi connectivity index (χ2v) is 6.75. The van der Waals surface area contributed by atoms with Crippen LogP contribution < -0.4 is 5.32 Å². The summed E-state index contributed by atoms with van der Waals surface area (Å²) in [5.74, 6) is -0.964. The van der Waals surface area contributed by atoms with E-state index >= 15 is 0 Å². The summed E-state index contributed by atoms with van der Waals surface area (Å²) in [4.78, 5) is 26.8. The van der Waals surface area contributed by atoms with Gasteiger partial charge in [0.2, 0.25) is 5.91 Å². The Morgan fingerprint density at radius 1 is 1.32 bits per heavy atom. The van der Waals surface area contributed by atoms with E-state index in [9.17, 15) is 9.59 Å². The van der Waals surface area contributed by atoms with Crippen LogP contribution in [0.25, 0.3) is 0 Å². The summed E-state index contributed by atoms with van der Waals surface area (Å²) >= 11 is 12.0. The van der Waals surface area contributed by atoms with Crippen molar-refractivity contribution >= 4 is 53.2 Å². The first-order valence-electron chi connectivity index (χ1n) is 7.75. The van der Waals surface area contributed by atoms with Gasteiger partial charge in [-0.25, -0.2) is 0 Å². The van der Waals surface area contributed by atoms with Gasteiger partial charge in [0.15, 0.2) is 0 Å². The molecule has 0 spiro atoms.